The van der Waals surface area contributed by atoms with E-state index < -0.39 is 89.7 Å². The lowest BCUT2D eigenvalue weighted by molar-refractivity contribution is -0.389. The highest BCUT2D eigenvalue weighted by Gasteiger charge is 2.66. The average Bonchev–Trinajstić information content (AvgIpc) is 3.69. The number of hydrogen-bond acceptors (Lipinski definition) is 13. The fourth-order valence-electron chi connectivity index (χ4n) is 8.82. The summed E-state index contributed by atoms with van der Waals surface area (Å²) in [4.78, 5) is 28.7. The third-order valence-corrected chi connectivity index (χ3v) is 11.8. The molecule has 18 atom stereocenters. The van der Waals surface area contributed by atoms with Crippen molar-refractivity contribution in [1.82, 2.24) is 4.90 Å². The minimum absolute atomic E-state index is 0.0240. The monoisotopic (exact) mass is 703 g/mol. The van der Waals surface area contributed by atoms with Crippen molar-refractivity contribution in [2.45, 2.75) is 179 Å². The first-order valence-electron chi connectivity index (χ1n) is 18.2. The second-order valence-electron chi connectivity index (χ2n) is 16.2. The Morgan fingerprint density at radius 3 is 2.29 bits per heavy atom. The van der Waals surface area contributed by atoms with E-state index in [1.165, 1.54) is 6.92 Å². The number of rotatable bonds is 13. The number of cyclic esters (lactones) is 1. The number of ether oxygens (including phenoxy) is 6. The van der Waals surface area contributed by atoms with Gasteiger partial charge in [-0.1, -0.05) is 27.7 Å². The molecule has 4 saturated heterocycles. The Hall–Kier alpha value is -0.970. The first kappa shape index (κ1) is 40.8. The van der Waals surface area contributed by atoms with Crippen LogP contribution in [0.4, 0.5) is 0 Å². The number of carbonyl (C=O) groups excluding carboxylic acids is 1. The Balaban J connectivity index is 1.73. The minimum Gasteiger partial charge on any atom is -0.459 e. The number of hydrogen-bond donors (Lipinski definition) is 3. The lowest BCUT2D eigenvalue weighted by Crippen LogP contribution is -2.57. The molecule has 3 N–H and O–H groups in total. The van der Waals surface area contributed by atoms with Crippen molar-refractivity contribution in [1.29, 1.82) is 0 Å². The molecule has 4 heterocycles. The molecule has 4 aliphatic heterocycles. The SMILES string of the molecule is CC[C@@H](O)[C@@](C)(O)[C@@H]1OC(=O)[C@H](C)[C@@H](O[C@H]2CC3(OC)O[C@H]3C(C)O2)[C@H](C)[C@@H](OOC(C)CC(C(C)O)N(C)C)[C@@]2(C)CC(C)C(O2)[C@@H]1C. The maximum Gasteiger partial charge on any atom is 0.311 e. The Morgan fingerprint density at radius 1 is 1.06 bits per heavy atom. The van der Waals surface area contributed by atoms with Crippen molar-refractivity contribution in [2.24, 2.45) is 23.7 Å². The molecule has 0 saturated carbocycles. The number of carbonyl (C=O) groups is 1. The average molecular weight is 704 g/mol. The highest BCUT2D eigenvalue weighted by molar-refractivity contribution is 5.73. The quantitative estimate of drug-likeness (QED) is 0.111. The summed E-state index contributed by atoms with van der Waals surface area (Å²) in [6.45, 7) is 18.5. The van der Waals surface area contributed by atoms with E-state index in [-0.39, 0.29) is 30.6 Å². The number of epoxide rings is 1. The Morgan fingerprint density at radius 2 is 1.71 bits per heavy atom. The summed E-state index contributed by atoms with van der Waals surface area (Å²) in [7, 11) is 5.42. The van der Waals surface area contributed by atoms with Gasteiger partial charge in [0.25, 0.3) is 0 Å². The van der Waals surface area contributed by atoms with Crippen molar-refractivity contribution < 1.29 is 58.3 Å². The van der Waals surface area contributed by atoms with Gasteiger partial charge in [0.15, 0.2) is 6.29 Å². The third kappa shape index (κ3) is 8.32. The molecule has 0 spiro atoms. The Labute approximate surface area is 293 Å². The predicted molar refractivity (Wildman–Crippen MR) is 179 cm³/mol. The molecule has 0 aliphatic carbocycles. The second kappa shape index (κ2) is 15.6. The van der Waals surface area contributed by atoms with Crippen LogP contribution in [-0.4, -0.2) is 132 Å². The number of likely N-dealkylation sites (N-methyl/N-ethyl adjacent to an activating group) is 1. The number of methoxy groups -OCH3 is 1. The fourth-order valence-corrected chi connectivity index (χ4v) is 8.82. The molecule has 13 nitrogen and oxygen atoms in total. The molecule has 4 rings (SSSR count). The molecule has 4 fully saturated rings. The highest BCUT2D eigenvalue weighted by atomic mass is 17.2. The lowest BCUT2D eigenvalue weighted by atomic mass is 9.76. The highest BCUT2D eigenvalue weighted by Crippen LogP contribution is 2.51. The largest absolute Gasteiger partial charge is 0.459 e. The van der Waals surface area contributed by atoms with Gasteiger partial charge in [0, 0.05) is 25.0 Å². The number of aliphatic hydroxyl groups excluding tert-OH is 2. The minimum atomic E-state index is -1.76. The van der Waals surface area contributed by atoms with Crippen molar-refractivity contribution in [3.8, 4) is 0 Å². The first-order valence-corrected chi connectivity index (χ1v) is 18.2. The summed E-state index contributed by atoms with van der Waals surface area (Å²) in [6.07, 6.45) is -4.80. The number of aliphatic hydroxyl groups is 3. The Bertz CT molecular complexity index is 1100. The molecule has 4 aliphatic rings. The summed E-state index contributed by atoms with van der Waals surface area (Å²) in [5.41, 5.74) is -2.66. The maximum absolute atomic E-state index is 14.2. The van der Waals surface area contributed by atoms with Crippen LogP contribution in [0.2, 0.25) is 0 Å². The van der Waals surface area contributed by atoms with Crippen LogP contribution in [0, 0.1) is 23.7 Å². The van der Waals surface area contributed by atoms with E-state index in [9.17, 15) is 20.1 Å². The molecule has 0 radical (unpaired) electrons. The van der Waals surface area contributed by atoms with Gasteiger partial charge < -0.3 is 48.6 Å². The summed E-state index contributed by atoms with van der Waals surface area (Å²) in [5, 5.41) is 33.1. The number of esters is 1. The van der Waals surface area contributed by atoms with Crippen molar-refractivity contribution >= 4 is 5.97 Å². The molecule has 0 aromatic carbocycles. The van der Waals surface area contributed by atoms with Crippen molar-refractivity contribution in [3.63, 3.8) is 0 Å². The van der Waals surface area contributed by atoms with Crippen LogP contribution in [0.25, 0.3) is 0 Å². The van der Waals surface area contributed by atoms with Crippen LogP contribution in [0.3, 0.4) is 0 Å². The molecule has 0 aromatic rings. The second-order valence-corrected chi connectivity index (χ2v) is 16.2. The molecular formula is C36H65NO12. The van der Waals surface area contributed by atoms with Crippen LogP contribution in [0.5, 0.6) is 0 Å². The van der Waals surface area contributed by atoms with Crippen LogP contribution < -0.4 is 0 Å². The first-order chi connectivity index (χ1) is 22.7. The van der Waals surface area contributed by atoms with Crippen LogP contribution in [0.15, 0.2) is 0 Å². The van der Waals surface area contributed by atoms with E-state index in [1.54, 1.807) is 27.9 Å². The zero-order valence-electron chi connectivity index (χ0n) is 32.0. The standard InChI is InChI=1S/C36H65NO12/c1-14-26(39)35(10,41)31-20(4)28-18(2)16-34(9,46-28)30(49-48-19(3)15-25(23(7)38)37(11)12)21(5)29(22(6)33(40)45-31)44-27-17-36(42-13)32(47-36)24(8)43-27/h18-32,38-39,41H,14-17H2,1-13H3/t18?,19?,20-,21-,22+,23?,24?,25?,26+,27-,28?,29-,30+,31+,32-,34+,35+,36?/m0/s1. The molecule has 0 aromatic heterocycles. The molecule has 0 amide bonds. The third-order valence-electron chi connectivity index (χ3n) is 11.8. The van der Waals surface area contributed by atoms with E-state index in [1.807, 2.05) is 53.6 Å². The van der Waals surface area contributed by atoms with Gasteiger partial charge in [-0.15, -0.1) is 0 Å². The van der Waals surface area contributed by atoms with Gasteiger partial charge in [-0.05, 0) is 80.8 Å². The summed E-state index contributed by atoms with van der Waals surface area (Å²) < 4.78 is 37.7. The molecule has 286 valence electrons. The lowest BCUT2D eigenvalue weighted by Gasteiger charge is -2.42. The van der Waals surface area contributed by atoms with E-state index in [4.69, 9.17) is 38.2 Å². The van der Waals surface area contributed by atoms with E-state index >= 15 is 0 Å². The van der Waals surface area contributed by atoms with E-state index in [0.29, 0.717) is 19.3 Å². The van der Waals surface area contributed by atoms with Gasteiger partial charge in [-0.25, -0.2) is 9.78 Å². The molecule has 7 unspecified atom stereocenters. The zero-order valence-corrected chi connectivity index (χ0v) is 32.0. The number of nitrogens with zero attached hydrogens (tertiary/aromatic N) is 1. The molecule has 49 heavy (non-hydrogen) atoms. The van der Waals surface area contributed by atoms with E-state index in [0.717, 1.165) is 0 Å². The molecular weight excluding hydrogens is 638 g/mol. The maximum atomic E-state index is 14.2. The molecule has 13 heteroatoms. The summed E-state index contributed by atoms with van der Waals surface area (Å²) >= 11 is 0. The van der Waals surface area contributed by atoms with Gasteiger partial charge in [0.2, 0.25) is 5.79 Å². The van der Waals surface area contributed by atoms with Gasteiger partial charge >= 0.3 is 5.97 Å². The number of fused-ring (bicyclic) bond motifs is 3. The van der Waals surface area contributed by atoms with Gasteiger partial charge in [0.05, 0.1) is 54.6 Å². The van der Waals surface area contributed by atoms with Crippen LogP contribution in [-0.2, 0) is 43.0 Å². The molecule has 2 bridgehead atoms. The van der Waals surface area contributed by atoms with Gasteiger partial charge in [-0.2, -0.15) is 0 Å². The fraction of sp³-hybridized carbons (Fsp3) is 0.972. The van der Waals surface area contributed by atoms with E-state index in [2.05, 4.69) is 6.92 Å². The predicted octanol–water partition coefficient (Wildman–Crippen LogP) is 3.19. The Kier molecular flexibility index (Phi) is 13.0. The van der Waals surface area contributed by atoms with Crippen LogP contribution in [0.1, 0.15) is 94.9 Å². The van der Waals surface area contributed by atoms with Crippen molar-refractivity contribution in [3.05, 3.63) is 0 Å². The zero-order chi connectivity index (χ0) is 36.8. The smallest absolute Gasteiger partial charge is 0.311 e. The van der Waals surface area contributed by atoms with Crippen molar-refractivity contribution in [2.75, 3.05) is 21.2 Å². The summed E-state index contributed by atoms with van der Waals surface area (Å²) in [5.74, 6) is -3.28. The summed E-state index contributed by atoms with van der Waals surface area (Å²) in [6, 6.07) is -0.159. The van der Waals surface area contributed by atoms with Crippen LogP contribution >= 0.6 is 0 Å². The van der Waals surface area contributed by atoms with Gasteiger partial charge in [0.1, 0.15) is 23.9 Å². The topological polar surface area (TPSA) is 158 Å². The van der Waals surface area contributed by atoms with Gasteiger partial charge in [-0.3, -0.25) is 4.79 Å². The normalized spacial score (nSPS) is 45.0.